The molecule has 0 aromatic rings. The van der Waals surface area contributed by atoms with Gasteiger partial charge in [-0.2, -0.15) is 11.8 Å². The Morgan fingerprint density at radius 2 is 0.794 bits per heavy atom. The molecule has 0 bridgehead atoms. The van der Waals surface area contributed by atoms with Crippen molar-refractivity contribution in [3.8, 4) is 0 Å². The van der Waals surface area contributed by atoms with Crippen LogP contribution in [0.15, 0.2) is 12.2 Å². The van der Waals surface area contributed by atoms with Gasteiger partial charge in [0.1, 0.15) is 12.7 Å². The van der Waals surface area contributed by atoms with Gasteiger partial charge in [0.25, 0.3) is 0 Å². The molecule has 0 radical (unpaired) electrons. The zero-order chi connectivity index (χ0) is 46.1. The van der Waals surface area contributed by atoms with Crippen molar-refractivity contribution in [1.82, 2.24) is 5.32 Å². The molecule has 0 saturated heterocycles. The molecule has 0 aromatic heterocycles. The summed E-state index contributed by atoms with van der Waals surface area (Å²) >= 11 is 1.46. The standard InChI is InChI=1S/C55H103NO6S/c1-5-8-11-14-17-20-23-26-29-32-35-38-41-44-53(58)56-52(50(4)57)49-63-48-51(62-55(60)46-43-40-37-34-31-28-25-22-19-16-13-10-7-3)47-61-54(59)45-42-39-36-33-30-27-24-21-18-15-12-9-6-2/h22,25,51-52H,5-21,23-24,26-49H2,1-4H3,(H,56,58)/b25-22-. The maximum atomic E-state index is 12.9. The quantitative estimate of drug-likeness (QED) is 0.0369. The second kappa shape index (κ2) is 49.6. The van der Waals surface area contributed by atoms with Gasteiger partial charge in [-0.3, -0.25) is 19.2 Å². The van der Waals surface area contributed by atoms with E-state index in [0.29, 0.717) is 30.8 Å². The highest BCUT2D eigenvalue weighted by molar-refractivity contribution is 7.99. The fourth-order valence-corrected chi connectivity index (χ4v) is 9.16. The molecule has 2 atom stereocenters. The Labute approximate surface area is 394 Å². The van der Waals surface area contributed by atoms with Gasteiger partial charge >= 0.3 is 11.9 Å². The molecule has 8 heteroatoms. The van der Waals surface area contributed by atoms with E-state index in [2.05, 4.69) is 38.2 Å². The van der Waals surface area contributed by atoms with Crippen LogP contribution in [0.25, 0.3) is 0 Å². The molecule has 2 unspecified atom stereocenters. The van der Waals surface area contributed by atoms with Gasteiger partial charge in [0.15, 0.2) is 5.78 Å². The summed E-state index contributed by atoms with van der Waals surface area (Å²) in [5, 5.41) is 2.94. The van der Waals surface area contributed by atoms with Crippen molar-refractivity contribution in [2.45, 2.75) is 297 Å². The molecule has 63 heavy (non-hydrogen) atoms. The van der Waals surface area contributed by atoms with Gasteiger partial charge in [-0.1, -0.05) is 226 Å². The fourth-order valence-electron chi connectivity index (χ4n) is 8.04. The highest BCUT2D eigenvalue weighted by Crippen LogP contribution is 2.17. The molecule has 0 aliphatic heterocycles. The van der Waals surface area contributed by atoms with Gasteiger partial charge in [0, 0.05) is 30.8 Å². The van der Waals surface area contributed by atoms with Crippen LogP contribution in [-0.2, 0) is 28.7 Å². The molecule has 0 rings (SSSR count). The first-order valence-electron chi connectivity index (χ1n) is 27.2. The van der Waals surface area contributed by atoms with Gasteiger partial charge < -0.3 is 14.8 Å². The van der Waals surface area contributed by atoms with Gasteiger partial charge in [-0.25, -0.2) is 0 Å². The number of esters is 2. The van der Waals surface area contributed by atoms with Crippen LogP contribution in [0.2, 0.25) is 0 Å². The summed E-state index contributed by atoms with van der Waals surface area (Å²) in [4.78, 5) is 50.9. The molecule has 0 fully saturated rings. The smallest absolute Gasteiger partial charge is 0.306 e. The Morgan fingerprint density at radius 1 is 0.444 bits per heavy atom. The third-order valence-electron chi connectivity index (χ3n) is 12.3. The molecule has 1 amide bonds. The first-order chi connectivity index (χ1) is 30.8. The summed E-state index contributed by atoms with van der Waals surface area (Å²) in [5.41, 5.74) is 0. The minimum Gasteiger partial charge on any atom is -0.462 e. The van der Waals surface area contributed by atoms with Crippen molar-refractivity contribution in [2.75, 3.05) is 18.1 Å². The maximum Gasteiger partial charge on any atom is 0.306 e. The minimum atomic E-state index is -0.597. The highest BCUT2D eigenvalue weighted by atomic mass is 32.2. The Morgan fingerprint density at radius 3 is 1.21 bits per heavy atom. The number of nitrogens with one attached hydrogen (secondary N) is 1. The Bertz CT molecular complexity index is 1070. The van der Waals surface area contributed by atoms with Crippen LogP contribution in [0.3, 0.4) is 0 Å². The van der Waals surface area contributed by atoms with Crippen molar-refractivity contribution in [3.63, 3.8) is 0 Å². The predicted octanol–water partition coefficient (Wildman–Crippen LogP) is 16.5. The van der Waals surface area contributed by atoms with E-state index in [4.69, 9.17) is 9.47 Å². The van der Waals surface area contributed by atoms with Crippen LogP contribution in [0.4, 0.5) is 0 Å². The molecule has 370 valence electrons. The van der Waals surface area contributed by atoms with Crippen molar-refractivity contribution in [2.24, 2.45) is 0 Å². The third kappa shape index (κ3) is 46.5. The van der Waals surface area contributed by atoms with Crippen molar-refractivity contribution < 1.29 is 28.7 Å². The second-order valence-corrected chi connectivity index (χ2v) is 19.8. The van der Waals surface area contributed by atoms with E-state index >= 15 is 0 Å². The lowest BCUT2D eigenvalue weighted by molar-refractivity contribution is -0.157. The van der Waals surface area contributed by atoms with E-state index in [1.807, 2.05) is 0 Å². The highest BCUT2D eigenvalue weighted by Gasteiger charge is 2.21. The number of rotatable bonds is 50. The molecular formula is C55H103NO6S. The van der Waals surface area contributed by atoms with E-state index in [9.17, 15) is 19.2 Å². The molecule has 0 spiro atoms. The lowest BCUT2D eigenvalue weighted by Crippen LogP contribution is -2.42. The second-order valence-electron chi connectivity index (χ2n) is 18.7. The number of Topliss-reactive ketones (excluding diaryl/α,β-unsaturated/α-hetero) is 1. The number of hydrogen-bond donors (Lipinski definition) is 1. The van der Waals surface area contributed by atoms with Gasteiger partial charge in [-0.05, 0) is 51.9 Å². The predicted molar refractivity (Wildman–Crippen MR) is 272 cm³/mol. The summed E-state index contributed by atoms with van der Waals surface area (Å²) in [7, 11) is 0. The molecule has 0 aromatic carbocycles. The number of carbonyl (C=O) groups excluding carboxylic acids is 4. The molecule has 0 aliphatic rings. The van der Waals surface area contributed by atoms with E-state index in [1.54, 1.807) is 0 Å². The third-order valence-corrected chi connectivity index (χ3v) is 13.5. The van der Waals surface area contributed by atoms with E-state index in [1.165, 1.54) is 186 Å². The first-order valence-corrected chi connectivity index (χ1v) is 28.4. The Kier molecular flexibility index (Phi) is 48.2. The molecule has 1 N–H and O–H groups in total. The lowest BCUT2D eigenvalue weighted by atomic mass is 10.0. The number of carbonyl (C=O) groups is 4. The van der Waals surface area contributed by atoms with E-state index < -0.39 is 12.1 Å². The summed E-state index contributed by atoms with van der Waals surface area (Å²) in [6.07, 6.45) is 50.5. The molecule has 0 heterocycles. The monoisotopic (exact) mass is 906 g/mol. The zero-order valence-electron chi connectivity index (χ0n) is 42.1. The van der Waals surface area contributed by atoms with Crippen molar-refractivity contribution >= 4 is 35.4 Å². The first kappa shape index (κ1) is 61.2. The average Bonchev–Trinajstić information content (AvgIpc) is 3.27. The summed E-state index contributed by atoms with van der Waals surface area (Å²) in [6, 6.07) is -0.597. The maximum absolute atomic E-state index is 12.9. The SMILES string of the molecule is CCCCCC/C=C\CCCCCCCC(=O)OC(COC(=O)CCCCCCCCCCCCCCC)CSCC(NC(=O)CCCCCCCCCCCCCCC)C(C)=O. The molecule has 7 nitrogen and oxygen atoms in total. The summed E-state index contributed by atoms with van der Waals surface area (Å²) < 4.78 is 11.5. The van der Waals surface area contributed by atoms with Crippen LogP contribution in [-0.4, -0.2) is 53.9 Å². The minimum absolute atomic E-state index is 0.0122. The van der Waals surface area contributed by atoms with Gasteiger partial charge in [0.2, 0.25) is 5.91 Å². The topological polar surface area (TPSA) is 98.8 Å². The van der Waals surface area contributed by atoms with Crippen LogP contribution in [0.5, 0.6) is 0 Å². The van der Waals surface area contributed by atoms with Crippen molar-refractivity contribution in [3.05, 3.63) is 12.2 Å². The summed E-state index contributed by atoms with van der Waals surface area (Å²) in [5.74, 6) is 0.0818. The average molecular weight is 906 g/mol. The van der Waals surface area contributed by atoms with Crippen LogP contribution in [0, 0.1) is 0 Å². The fraction of sp³-hybridized carbons (Fsp3) is 0.891. The lowest BCUT2D eigenvalue weighted by Gasteiger charge is -2.20. The number of unbranched alkanes of at least 4 members (excludes halogenated alkanes) is 33. The van der Waals surface area contributed by atoms with Crippen LogP contribution < -0.4 is 5.32 Å². The van der Waals surface area contributed by atoms with E-state index in [0.717, 1.165) is 70.6 Å². The van der Waals surface area contributed by atoms with Crippen molar-refractivity contribution in [1.29, 1.82) is 0 Å². The van der Waals surface area contributed by atoms with Crippen LogP contribution in [0.1, 0.15) is 285 Å². The number of hydrogen-bond acceptors (Lipinski definition) is 7. The Balaban J connectivity index is 4.61. The Hall–Kier alpha value is -1.83. The molecular weight excluding hydrogens is 803 g/mol. The number of thioether (sulfide) groups is 1. The van der Waals surface area contributed by atoms with E-state index in [-0.39, 0.29) is 30.2 Å². The normalized spacial score (nSPS) is 12.4. The number of allylic oxidation sites excluding steroid dienone is 2. The largest absolute Gasteiger partial charge is 0.462 e. The number of ketones is 1. The molecule has 0 saturated carbocycles. The summed E-state index contributed by atoms with van der Waals surface area (Å²) in [6.45, 7) is 8.30. The number of amides is 1. The number of ether oxygens (including phenoxy) is 2. The van der Waals surface area contributed by atoms with Crippen LogP contribution >= 0.6 is 11.8 Å². The molecule has 0 aliphatic carbocycles. The van der Waals surface area contributed by atoms with Gasteiger partial charge in [-0.15, -0.1) is 0 Å². The van der Waals surface area contributed by atoms with Gasteiger partial charge in [0.05, 0.1) is 6.04 Å². The zero-order valence-corrected chi connectivity index (χ0v) is 42.9.